The second-order valence-electron chi connectivity index (χ2n) is 5.91. The van der Waals surface area contributed by atoms with Crippen molar-refractivity contribution < 1.29 is 18.7 Å². The molecule has 0 amide bonds. The maximum Gasteiger partial charge on any atom is 0.339 e. The van der Waals surface area contributed by atoms with Crippen LogP contribution in [-0.4, -0.2) is 16.7 Å². The lowest BCUT2D eigenvalue weighted by atomic mass is 10.0. The van der Waals surface area contributed by atoms with Gasteiger partial charge in [0, 0.05) is 11.1 Å². The Morgan fingerprint density at radius 3 is 2.43 bits per heavy atom. The van der Waals surface area contributed by atoms with E-state index in [-0.39, 0.29) is 23.8 Å². The third-order valence-electron chi connectivity index (χ3n) is 4.08. The number of thiophene rings is 1. The monoisotopic (exact) mass is 389 g/mol. The normalized spacial score (nSPS) is 10.6. The molecule has 2 aromatic carbocycles. The van der Waals surface area contributed by atoms with Crippen molar-refractivity contribution in [3.05, 3.63) is 100 Å². The molecule has 0 atom stereocenters. The van der Waals surface area contributed by atoms with Crippen LogP contribution in [0.4, 0.5) is 0 Å². The van der Waals surface area contributed by atoms with Crippen LogP contribution in [0.2, 0.25) is 0 Å². The Labute approximate surface area is 165 Å². The number of benzene rings is 2. The van der Waals surface area contributed by atoms with Crippen molar-refractivity contribution in [2.45, 2.75) is 6.61 Å². The Bertz CT molecular complexity index is 1100. The van der Waals surface area contributed by atoms with Crippen molar-refractivity contribution in [2.24, 2.45) is 0 Å². The third-order valence-corrected chi connectivity index (χ3v) is 4.94. The molecule has 0 spiro atoms. The number of hydrogen-bond donors (Lipinski definition) is 0. The molecule has 0 bridgehead atoms. The van der Waals surface area contributed by atoms with E-state index in [1.807, 2.05) is 35.7 Å². The van der Waals surface area contributed by atoms with E-state index in [4.69, 9.17) is 9.15 Å². The minimum atomic E-state index is -0.597. The molecule has 2 heterocycles. The molecule has 0 saturated heterocycles. The average Bonchev–Trinajstić information content (AvgIpc) is 3.44. The van der Waals surface area contributed by atoms with E-state index in [2.05, 4.69) is 4.98 Å². The summed E-state index contributed by atoms with van der Waals surface area (Å²) in [7, 11) is 0. The van der Waals surface area contributed by atoms with Crippen LogP contribution >= 0.6 is 11.3 Å². The van der Waals surface area contributed by atoms with Gasteiger partial charge in [0.05, 0.1) is 16.6 Å². The van der Waals surface area contributed by atoms with Crippen LogP contribution in [0.15, 0.2) is 82.7 Å². The standard InChI is InChI=1S/C22H15NO4S/c24-21(19-11-6-12-28-19)16-9-4-5-10-17(16)22(25)26-14-20-23-13-18(27-20)15-7-2-1-3-8-15/h1-13H,14H2. The van der Waals surface area contributed by atoms with Gasteiger partial charge in [-0.15, -0.1) is 11.3 Å². The molecule has 0 radical (unpaired) electrons. The molecule has 0 fully saturated rings. The summed E-state index contributed by atoms with van der Waals surface area (Å²) >= 11 is 1.33. The molecule has 28 heavy (non-hydrogen) atoms. The first kappa shape index (κ1) is 17.9. The van der Waals surface area contributed by atoms with E-state index in [0.717, 1.165) is 5.56 Å². The van der Waals surface area contributed by atoms with E-state index in [1.165, 1.54) is 11.3 Å². The molecule has 0 unspecified atom stereocenters. The van der Waals surface area contributed by atoms with Crippen molar-refractivity contribution in [1.82, 2.24) is 4.98 Å². The van der Waals surface area contributed by atoms with Gasteiger partial charge in [-0.3, -0.25) is 4.79 Å². The van der Waals surface area contributed by atoms with Gasteiger partial charge < -0.3 is 9.15 Å². The zero-order valence-electron chi connectivity index (χ0n) is 14.7. The Kier molecular flexibility index (Phi) is 5.12. The van der Waals surface area contributed by atoms with Crippen LogP contribution in [0, 0.1) is 0 Å². The minimum Gasteiger partial charge on any atom is -0.452 e. The van der Waals surface area contributed by atoms with Crippen LogP contribution in [0.3, 0.4) is 0 Å². The number of hydrogen-bond acceptors (Lipinski definition) is 6. The van der Waals surface area contributed by atoms with Gasteiger partial charge in [0.1, 0.15) is 0 Å². The SMILES string of the molecule is O=C(OCc1ncc(-c2ccccc2)o1)c1ccccc1C(=O)c1cccs1. The van der Waals surface area contributed by atoms with Gasteiger partial charge in [-0.25, -0.2) is 9.78 Å². The van der Waals surface area contributed by atoms with E-state index in [0.29, 0.717) is 16.2 Å². The first-order valence-corrected chi connectivity index (χ1v) is 9.45. The second-order valence-corrected chi connectivity index (χ2v) is 6.86. The predicted molar refractivity (Wildman–Crippen MR) is 105 cm³/mol. The van der Waals surface area contributed by atoms with Crippen molar-refractivity contribution in [1.29, 1.82) is 0 Å². The fourth-order valence-corrected chi connectivity index (χ4v) is 3.40. The zero-order chi connectivity index (χ0) is 19.3. The molecule has 0 N–H and O–H groups in total. The van der Waals surface area contributed by atoms with E-state index in [9.17, 15) is 9.59 Å². The summed E-state index contributed by atoms with van der Waals surface area (Å²) in [5, 5.41) is 1.82. The molecule has 0 aliphatic carbocycles. The number of oxazole rings is 1. The predicted octanol–water partition coefficient (Wildman–Crippen LogP) is 4.99. The Balaban J connectivity index is 1.48. The quantitative estimate of drug-likeness (QED) is 0.343. The van der Waals surface area contributed by atoms with Crippen LogP contribution < -0.4 is 0 Å². The maximum absolute atomic E-state index is 12.6. The average molecular weight is 389 g/mol. The topological polar surface area (TPSA) is 69.4 Å². The van der Waals surface area contributed by atoms with Gasteiger partial charge in [0.25, 0.3) is 0 Å². The van der Waals surface area contributed by atoms with Crippen LogP contribution in [0.5, 0.6) is 0 Å². The summed E-state index contributed by atoms with van der Waals surface area (Å²) in [5.74, 6) is 0.0826. The summed E-state index contributed by atoms with van der Waals surface area (Å²) in [5.41, 5.74) is 1.42. The largest absolute Gasteiger partial charge is 0.452 e. The van der Waals surface area contributed by atoms with E-state index >= 15 is 0 Å². The first-order chi connectivity index (χ1) is 13.7. The lowest BCUT2D eigenvalue weighted by Gasteiger charge is -2.07. The third kappa shape index (κ3) is 3.77. The minimum absolute atomic E-state index is 0.118. The fourth-order valence-electron chi connectivity index (χ4n) is 2.72. The first-order valence-electron chi connectivity index (χ1n) is 8.57. The number of carbonyl (C=O) groups is 2. The van der Waals surface area contributed by atoms with Crippen LogP contribution in [0.1, 0.15) is 31.5 Å². The van der Waals surface area contributed by atoms with Crippen molar-refractivity contribution in [3.63, 3.8) is 0 Å². The molecule has 4 aromatic rings. The molecule has 0 aliphatic rings. The fraction of sp³-hybridized carbons (Fsp3) is 0.0455. The zero-order valence-corrected chi connectivity index (χ0v) is 15.5. The van der Waals surface area contributed by atoms with Gasteiger partial charge >= 0.3 is 5.97 Å². The smallest absolute Gasteiger partial charge is 0.339 e. The number of ether oxygens (including phenoxy) is 1. The highest BCUT2D eigenvalue weighted by Gasteiger charge is 2.20. The highest BCUT2D eigenvalue weighted by molar-refractivity contribution is 7.12. The Morgan fingerprint density at radius 2 is 1.68 bits per heavy atom. The van der Waals surface area contributed by atoms with Crippen LogP contribution in [0.25, 0.3) is 11.3 Å². The molecule has 5 nitrogen and oxygen atoms in total. The maximum atomic E-state index is 12.6. The van der Waals surface area contributed by atoms with Gasteiger partial charge in [-0.05, 0) is 17.5 Å². The van der Waals surface area contributed by atoms with Crippen molar-refractivity contribution in [3.8, 4) is 11.3 Å². The molecular formula is C22H15NO4S. The number of carbonyl (C=O) groups excluding carboxylic acids is 2. The Hall–Kier alpha value is -3.51. The number of nitrogens with zero attached hydrogens (tertiary/aromatic N) is 1. The molecule has 2 aromatic heterocycles. The molecule has 4 rings (SSSR count). The summed E-state index contributed by atoms with van der Waals surface area (Å²) in [4.78, 5) is 29.9. The summed E-state index contributed by atoms with van der Waals surface area (Å²) in [6, 6.07) is 19.7. The van der Waals surface area contributed by atoms with E-state index < -0.39 is 5.97 Å². The van der Waals surface area contributed by atoms with Crippen molar-refractivity contribution >= 4 is 23.1 Å². The molecule has 6 heteroatoms. The van der Waals surface area contributed by atoms with Gasteiger partial charge in [0.2, 0.25) is 11.7 Å². The number of aromatic nitrogens is 1. The number of esters is 1. The molecular weight excluding hydrogens is 374 g/mol. The van der Waals surface area contributed by atoms with Gasteiger partial charge in [-0.2, -0.15) is 0 Å². The van der Waals surface area contributed by atoms with Gasteiger partial charge in [-0.1, -0.05) is 54.6 Å². The highest BCUT2D eigenvalue weighted by atomic mass is 32.1. The molecule has 0 saturated carbocycles. The highest BCUT2D eigenvalue weighted by Crippen LogP contribution is 2.22. The lowest BCUT2D eigenvalue weighted by molar-refractivity contribution is 0.0436. The number of ketones is 1. The molecule has 0 aliphatic heterocycles. The summed E-state index contributed by atoms with van der Waals surface area (Å²) < 4.78 is 11.0. The van der Waals surface area contributed by atoms with E-state index in [1.54, 1.807) is 42.6 Å². The summed E-state index contributed by atoms with van der Waals surface area (Å²) in [6.45, 7) is -0.118. The summed E-state index contributed by atoms with van der Waals surface area (Å²) in [6.07, 6.45) is 1.59. The second kappa shape index (κ2) is 8.02. The number of rotatable bonds is 6. The van der Waals surface area contributed by atoms with Crippen LogP contribution in [-0.2, 0) is 11.3 Å². The lowest BCUT2D eigenvalue weighted by Crippen LogP contribution is -2.12. The van der Waals surface area contributed by atoms with Gasteiger partial charge in [0.15, 0.2) is 12.4 Å². The van der Waals surface area contributed by atoms with Crippen molar-refractivity contribution in [2.75, 3.05) is 0 Å². The molecule has 138 valence electrons. The Morgan fingerprint density at radius 1 is 0.929 bits per heavy atom.